The summed E-state index contributed by atoms with van der Waals surface area (Å²) < 4.78 is 24.3. The lowest BCUT2D eigenvalue weighted by Gasteiger charge is -2.41. The van der Waals surface area contributed by atoms with Crippen LogP contribution in [0.1, 0.15) is 41.3 Å². The molecule has 0 saturated carbocycles. The van der Waals surface area contributed by atoms with Crippen LogP contribution in [0.5, 0.6) is 0 Å². The first-order chi connectivity index (χ1) is 12.1. The summed E-state index contributed by atoms with van der Waals surface area (Å²) in [5, 5.41) is 4.08. The largest absolute Gasteiger partial charge is 0.385 e. The van der Waals surface area contributed by atoms with E-state index in [1.165, 1.54) is 12.3 Å². The first-order valence-corrected chi connectivity index (χ1v) is 8.24. The maximum absolute atomic E-state index is 13.9. The van der Waals surface area contributed by atoms with E-state index in [0.29, 0.717) is 37.8 Å². The van der Waals surface area contributed by atoms with E-state index in [0.717, 1.165) is 19.0 Å². The molecule has 134 valence electrons. The SMILES string of the molecule is COCCC1(c2noc(C)n2)CCCN(C(=O)c2ccncc2F)C1. The molecule has 7 nitrogen and oxygen atoms in total. The van der Waals surface area contributed by atoms with Crippen LogP contribution in [-0.2, 0) is 10.2 Å². The molecule has 0 spiro atoms. The zero-order valence-corrected chi connectivity index (χ0v) is 14.4. The zero-order chi connectivity index (χ0) is 17.9. The van der Waals surface area contributed by atoms with Crippen molar-refractivity contribution >= 4 is 5.91 Å². The highest BCUT2D eigenvalue weighted by molar-refractivity contribution is 5.94. The van der Waals surface area contributed by atoms with Crippen LogP contribution in [0.25, 0.3) is 0 Å². The highest BCUT2D eigenvalue weighted by Gasteiger charge is 2.42. The van der Waals surface area contributed by atoms with Gasteiger partial charge in [-0.15, -0.1) is 0 Å². The summed E-state index contributed by atoms with van der Waals surface area (Å²) in [6.07, 6.45) is 4.72. The fourth-order valence-corrected chi connectivity index (χ4v) is 3.33. The Morgan fingerprint density at radius 3 is 3.04 bits per heavy atom. The Hall–Kier alpha value is -2.35. The minimum Gasteiger partial charge on any atom is -0.385 e. The van der Waals surface area contributed by atoms with Crippen molar-refractivity contribution in [2.45, 2.75) is 31.6 Å². The van der Waals surface area contributed by atoms with Crippen LogP contribution in [-0.4, -0.2) is 52.7 Å². The topological polar surface area (TPSA) is 81.4 Å². The van der Waals surface area contributed by atoms with Gasteiger partial charge in [0, 0.05) is 39.9 Å². The minimum atomic E-state index is -0.615. The Bertz CT molecular complexity index is 751. The maximum atomic E-state index is 13.9. The van der Waals surface area contributed by atoms with E-state index in [2.05, 4.69) is 15.1 Å². The fourth-order valence-electron chi connectivity index (χ4n) is 3.33. The average molecular weight is 348 g/mol. The molecule has 2 aromatic rings. The van der Waals surface area contributed by atoms with Crippen LogP contribution in [0, 0.1) is 12.7 Å². The first kappa shape index (κ1) is 17.5. The highest BCUT2D eigenvalue weighted by Crippen LogP contribution is 2.36. The number of piperidine rings is 1. The number of aromatic nitrogens is 3. The molecule has 3 rings (SSSR count). The second-order valence-electron chi connectivity index (χ2n) is 6.35. The molecule has 2 aromatic heterocycles. The van der Waals surface area contributed by atoms with Gasteiger partial charge in [0.05, 0.1) is 17.2 Å². The number of rotatable bonds is 5. The Morgan fingerprint density at radius 2 is 2.36 bits per heavy atom. The molecule has 1 fully saturated rings. The summed E-state index contributed by atoms with van der Waals surface area (Å²) in [5.74, 6) is 0.0998. The van der Waals surface area contributed by atoms with Gasteiger partial charge in [-0.05, 0) is 25.3 Å². The molecule has 0 N–H and O–H groups in total. The van der Waals surface area contributed by atoms with Crippen LogP contribution < -0.4 is 0 Å². The third-order valence-electron chi connectivity index (χ3n) is 4.65. The second kappa shape index (κ2) is 7.26. The van der Waals surface area contributed by atoms with Gasteiger partial charge >= 0.3 is 0 Å². The summed E-state index contributed by atoms with van der Waals surface area (Å²) in [5.41, 5.74) is -0.424. The number of ether oxygens (including phenoxy) is 1. The number of methoxy groups -OCH3 is 1. The molecule has 1 unspecified atom stereocenters. The zero-order valence-electron chi connectivity index (χ0n) is 14.4. The Morgan fingerprint density at radius 1 is 1.52 bits per heavy atom. The van der Waals surface area contributed by atoms with E-state index in [9.17, 15) is 9.18 Å². The van der Waals surface area contributed by atoms with Crippen molar-refractivity contribution < 1.29 is 18.4 Å². The van der Waals surface area contributed by atoms with E-state index in [1.807, 2.05) is 0 Å². The predicted molar refractivity (Wildman–Crippen MR) is 86.5 cm³/mol. The number of hydrogen-bond donors (Lipinski definition) is 0. The van der Waals surface area contributed by atoms with Gasteiger partial charge in [0.2, 0.25) is 5.89 Å². The van der Waals surface area contributed by atoms with Gasteiger partial charge in [0.25, 0.3) is 5.91 Å². The summed E-state index contributed by atoms with van der Waals surface area (Å²) in [7, 11) is 1.63. The highest BCUT2D eigenvalue weighted by atomic mass is 19.1. The lowest BCUT2D eigenvalue weighted by molar-refractivity contribution is 0.0562. The van der Waals surface area contributed by atoms with Gasteiger partial charge in [-0.25, -0.2) is 4.39 Å². The van der Waals surface area contributed by atoms with Gasteiger partial charge in [-0.2, -0.15) is 4.98 Å². The Balaban J connectivity index is 1.88. The average Bonchev–Trinajstić information content (AvgIpc) is 3.07. The van der Waals surface area contributed by atoms with Crippen LogP contribution in [0.15, 0.2) is 23.0 Å². The monoisotopic (exact) mass is 348 g/mol. The molecular weight excluding hydrogens is 327 g/mol. The number of hydrogen-bond acceptors (Lipinski definition) is 6. The summed E-state index contributed by atoms with van der Waals surface area (Å²) >= 11 is 0. The summed E-state index contributed by atoms with van der Waals surface area (Å²) in [4.78, 5) is 22.5. The van der Waals surface area contributed by atoms with Crippen LogP contribution in [0.3, 0.4) is 0 Å². The number of likely N-dealkylation sites (tertiary alicyclic amines) is 1. The molecule has 0 aliphatic carbocycles. The van der Waals surface area contributed by atoms with Crippen molar-refractivity contribution in [3.63, 3.8) is 0 Å². The lowest BCUT2D eigenvalue weighted by Crippen LogP contribution is -2.49. The number of nitrogens with zero attached hydrogens (tertiary/aromatic N) is 4. The van der Waals surface area contributed by atoms with E-state index < -0.39 is 11.2 Å². The molecule has 0 radical (unpaired) electrons. The van der Waals surface area contributed by atoms with E-state index in [4.69, 9.17) is 9.26 Å². The molecule has 1 saturated heterocycles. The number of carbonyl (C=O) groups excluding carboxylic acids is 1. The standard InChI is InChI=1S/C17H21FN4O3/c1-12-20-16(21-25-12)17(6-9-24-2)5-3-8-22(11-17)15(23)13-4-7-19-10-14(13)18/h4,7,10H,3,5-6,8-9,11H2,1-2H3. The number of amides is 1. The van der Waals surface area contributed by atoms with Gasteiger partial charge in [0.1, 0.15) is 0 Å². The third-order valence-corrected chi connectivity index (χ3v) is 4.65. The number of halogens is 1. The number of aryl methyl sites for hydroxylation is 1. The first-order valence-electron chi connectivity index (χ1n) is 8.24. The van der Waals surface area contributed by atoms with Crippen molar-refractivity contribution in [2.75, 3.05) is 26.8 Å². The van der Waals surface area contributed by atoms with Crippen LogP contribution >= 0.6 is 0 Å². The van der Waals surface area contributed by atoms with Gasteiger partial charge < -0.3 is 14.2 Å². The van der Waals surface area contributed by atoms with Gasteiger partial charge in [-0.1, -0.05) is 5.16 Å². The molecule has 1 atom stereocenters. The van der Waals surface area contributed by atoms with Crippen LogP contribution in [0.2, 0.25) is 0 Å². The molecule has 3 heterocycles. The quantitative estimate of drug-likeness (QED) is 0.823. The van der Waals surface area contributed by atoms with E-state index in [-0.39, 0.29) is 11.5 Å². The maximum Gasteiger partial charge on any atom is 0.256 e. The fraction of sp³-hybridized carbons (Fsp3) is 0.529. The van der Waals surface area contributed by atoms with Crippen molar-refractivity contribution in [3.8, 4) is 0 Å². The molecule has 25 heavy (non-hydrogen) atoms. The molecule has 1 aliphatic rings. The van der Waals surface area contributed by atoms with E-state index >= 15 is 0 Å². The van der Waals surface area contributed by atoms with Crippen molar-refractivity contribution in [1.29, 1.82) is 0 Å². The summed E-state index contributed by atoms with van der Waals surface area (Å²) in [6, 6.07) is 1.40. The number of carbonyl (C=O) groups is 1. The lowest BCUT2D eigenvalue weighted by atomic mass is 9.76. The molecule has 1 aliphatic heterocycles. The Labute approximate surface area is 145 Å². The van der Waals surface area contributed by atoms with Crippen LogP contribution in [0.4, 0.5) is 4.39 Å². The molecule has 8 heteroatoms. The molecule has 1 amide bonds. The normalized spacial score (nSPS) is 20.7. The van der Waals surface area contributed by atoms with E-state index in [1.54, 1.807) is 18.9 Å². The molecule has 0 aromatic carbocycles. The van der Waals surface area contributed by atoms with Crippen molar-refractivity contribution in [3.05, 3.63) is 41.6 Å². The number of pyridine rings is 1. The van der Waals surface area contributed by atoms with Gasteiger partial charge in [0.15, 0.2) is 11.6 Å². The third kappa shape index (κ3) is 3.53. The predicted octanol–water partition coefficient (Wildman–Crippen LogP) is 2.12. The Kier molecular flexibility index (Phi) is 5.08. The van der Waals surface area contributed by atoms with Gasteiger partial charge in [-0.3, -0.25) is 9.78 Å². The minimum absolute atomic E-state index is 0.0295. The smallest absolute Gasteiger partial charge is 0.256 e. The molecule has 0 bridgehead atoms. The van der Waals surface area contributed by atoms with Crippen molar-refractivity contribution in [1.82, 2.24) is 20.0 Å². The van der Waals surface area contributed by atoms with Crippen molar-refractivity contribution in [2.24, 2.45) is 0 Å². The second-order valence-corrected chi connectivity index (χ2v) is 6.35. The summed E-state index contributed by atoms with van der Waals surface area (Å²) in [6.45, 7) is 3.21. The molecular formula is C17H21FN4O3.